The molecule has 2 aromatic carbocycles. The molecular weight excluding hydrogens is 330 g/mol. The summed E-state index contributed by atoms with van der Waals surface area (Å²) in [5.74, 6) is 0.274. The lowest BCUT2D eigenvalue weighted by Gasteiger charge is -2.14. The SMILES string of the molecule is Cc1ccc(OCC(=O)Nc2ccc(C)c(NC(=O)CN(C)C)c2)cc1. The molecule has 2 rings (SSSR count). The number of benzene rings is 2. The molecule has 2 N–H and O–H groups in total. The van der Waals surface area contributed by atoms with Crippen LogP contribution in [0.1, 0.15) is 11.1 Å². The van der Waals surface area contributed by atoms with Crippen LogP contribution in [0.2, 0.25) is 0 Å². The predicted molar refractivity (Wildman–Crippen MR) is 104 cm³/mol. The average molecular weight is 355 g/mol. The maximum Gasteiger partial charge on any atom is 0.262 e. The van der Waals surface area contributed by atoms with Crippen LogP contribution in [-0.4, -0.2) is 44.0 Å². The van der Waals surface area contributed by atoms with Gasteiger partial charge in [-0.3, -0.25) is 9.59 Å². The van der Waals surface area contributed by atoms with Gasteiger partial charge >= 0.3 is 0 Å². The molecule has 0 spiro atoms. The Balaban J connectivity index is 1.93. The topological polar surface area (TPSA) is 70.7 Å². The molecule has 6 heteroatoms. The van der Waals surface area contributed by atoms with Crippen molar-refractivity contribution in [2.45, 2.75) is 13.8 Å². The zero-order valence-corrected chi connectivity index (χ0v) is 15.6. The van der Waals surface area contributed by atoms with Crippen molar-refractivity contribution < 1.29 is 14.3 Å². The summed E-state index contributed by atoms with van der Waals surface area (Å²) < 4.78 is 5.47. The van der Waals surface area contributed by atoms with Gasteiger partial charge in [0.1, 0.15) is 5.75 Å². The molecule has 0 aliphatic heterocycles. The van der Waals surface area contributed by atoms with Gasteiger partial charge in [0.05, 0.1) is 6.54 Å². The van der Waals surface area contributed by atoms with Gasteiger partial charge in [-0.1, -0.05) is 23.8 Å². The smallest absolute Gasteiger partial charge is 0.262 e. The molecule has 6 nitrogen and oxygen atoms in total. The summed E-state index contributed by atoms with van der Waals surface area (Å²) in [4.78, 5) is 25.8. The van der Waals surface area contributed by atoms with Gasteiger partial charge in [-0.15, -0.1) is 0 Å². The number of nitrogens with one attached hydrogen (secondary N) is 2. The van der Waals surface area contributed by atoms with E-state index in [4.69, 9.17) is 4.74 Å². The van der Waals surface area contributed by atoms with Gasteiger partial charge in [0.15, 0.2) is 6.61 Å². The van der Waals surface area contributed by atoms with E-state index in [1.54, 1.807) is 17.0 Å². The highest BCUT2D eigenvalue weighted by molar-refractivity contribution is 5.95. The van der Waals surface area contributed by atoms with E-state index in [1.807, 2.05) is 58.3 Å². The van der Waals surface area contributed by atoms with Crippen molar-refractivity contribution in [3.05, 3.63) is 53.6 Å². The van der Waals surface area contributed by atoms with Crippen LogP contribution in [0.15, 0.2) is 42.5 Å². The third kappa shape index (κ3) is 6.22. The molecule has 26 heavy (non-hydrogen) atoms. The van der Waals surface area contributed by atoms with Crippen LogP contribution in [-0.2, 0) is 9.59 Å². The molecule has 138 valence electrons. The van der Waals surface area contributed by atoms with Crippen molar-refractivity contribution in [3.8, 4) is 5.75 Å². The molecule has 0 saturated heterocycles. The van der Waals surface area contributed by atoms with E-state index in [0.29, 0.717) is 23.7 Å². The van der Waals surface area contributed by atoms with Crippen LogP contribution < -0.4 is 15.4 Å². The van der Waals surface area contributed by atoms with Crippen LogP contribution in [0.3, 0.4) is 0 Å². The number of hydrogen-bond donors (Lipinski definition) is 2. The normalized spacial score (nSPS) is 10.5. The second-order valence-electron chi connectivity index (χ2n) is 6.47. The maximum atomic E-state index is 12.1. The molecule has 0 unspecified atom stereocenters. The van der Waals surface area contributed by atoms with E-state index in [2.05, 4.69) is 10.6 Å². The summed E-state index contributed by atoms with van der Waals surface area (Å²) in [7, 11) is 3.66. The molecule has 0 aromatic heterocycles. The number of nitrogens with zero attached hydrogens (tertiary/aromatic N) is 1. The highest BCUT2D eigenvalue weighted by Crippen LogP contribution is 2.20. The molecule has 0 atom stereocenters. The second-order valence-corrected chi connectivity index (χ2v) is 6.47. The monoisotopic (exact) mass is 355 g/mol. The highest BCUT2D eigenvalue weighted by atomic mass is 16.5. The van der Waals surface area contributed by atoms with Crippen LogP contribution in [0.25, 0.3) is 0 Å². The minimum Gasteiger partial charge on any atom is -0.484 e. The van der Waals surface area contributed by atoms with Gasteiger partial charge in [-0.2, -0.15) is 0 Å². The van der Waals surface area contributed by atoms with E-state index in [1.165, 1.54) is 0 Å². The maximum absolute atomic E-state index is 12.1. The van der Waals surface area contributed by atoms with E-state index in [-0.39, 0.29) is 18.4 Å². The lowest BCUT2D eigenvalue weighted by molar-refractivity contribution is -0.118. The zero-order chi connectivity index (χ0) is 19.1. The standard InChI is InChI=1S/C20H25N3O3/c1-14-5-9-17(10-6-14)26-13-20(25)21-16-8-7-15(2)18(11-16)22-19(24)12-23(3)4/h5-11H,12-13H2,1-4H3,(H,21,25)(H,22,24). The fourth-order valence-electron chi connectivity index (χ4n) is 2.29. The Morgan fingerprint density at radius 2 is 1.65 bits per heavy atom. The van der Waals surface area contributed by atoms with Crippen molar-refractivity contribution in [2.75, 3.05) is 37.9 Å². The summed E-state index contributed by atoms with van der Waals surface area (Å²) >= 11 is 0. The number of carbonyl (C=O) groups is 2. The number of carbonyl (C=O) groups excluding carboxylic acids is 2. The summed E-state index contributed by atoms with van der Waals surface area (Å²) in [5, 5.41) is 5.63. The summed E-state index contributed by atoms with van der Waals surface area (Å²) in [6.45, 7) is 4.10. The third-order valence-corrected chi connectivity index (χ3v) is 3.65. The fraction of sp³-hybridized carbons (Fsp3) is 0.300. The van der Waals surface area contributed by atoms with Crippen molar-refractivity contribution in [1.29, 1.82) is 0 Å². The van der Waals surface area contributed by atoms with Crippen LogP contribution in [0, 0.1) is 13.8 Å². The van der Waals surface area contributed by atoms with Crippen molar-refractivity contribution in [2.24, 2.45) is 0 Å². The number of hydrogen-bond acceptors (Lipinski definition) is 4. The Hall–Kier alpha value is -2.86. The molecule has 2 amide bonds. The molecule has 0 saturated carbocycles. The summed E-state index contributed by atoms with van der Waals surface area (Å²) in [6.07, 6.45) is 0. The largest absolute Gasteiger partial charge is 0.484 e. The average Bonchev–Trinajstić information content (AvgIpc) is 2.56. The highest BCUT2D eigenvalue weighted by Gasteiger charge is 2.09. The Labute approximate surface area is 154 Å². The van der Waals surface area contributed by atoms with Crippen LogP contribution >= 0.6 is 0 Å². The number of anilines is 2. The molecule has 0 radical (unpaired) electrons. The molecule has 2 aromatic rings. The number of likely N-dealkylation sites (N-methyl/N-ethyl adjacent to an activating group) is 1. The molecule has 0 heterocycles. The zero-order valence-electron chi connectivity index (χ0n) is 15.6. The van der Waals surface area contributed by atoms with Gasteiger partial charge in [-0.05, 0) is 57.8 Å². The van der Waals surface area contributed by atoms with Crippen molar-refractivity contribution in [1.82, 2.24) is 4.90 Å². The third-order valence-electron chi connectivity index (χ3n) is 3.65. The first-order valence-corrected chi connectivity index (χ1v) is 8.38. The Morgan fingerprint density at radius 3 is 2.31 bits per heavy atom. The van der Waals surface area contributed by atoms with E-state index in [0.717, 1.165) is 11.1 Å². The Kier molecular flexibility index (Phi) is 6.74. The minimum atomic E-state index is -0.264. The molecule has 0 fully saturated rings. The summed E-state index contributed by atoms with van der Waals surface area (Å²) in [6, 6.07) is 12.9. The lowest BCUT2D eigenvalue weighted by Crippen LogP contribution is -2.27. The second kappa shape index (κ2) is 9.01. The first kappa shape index (κ1) is 19.5. The predicted octanol–water partition coefficient (Wildman–Crippen LogP) is 2.82. The number of ether oxygens (including phenoxy) is 1. The van der Waals surface area contributed by atoms with Gasteiger partial charge < -0.3 is 20.3 Å². The molecule has 0 aliphatic carbocycles. The van der Waals surface area contributed by atoms with Gasteiger partial charge in [0.2, 0.25) is 5.91 Å². The van der Waals surface area contributed by atoms with Gasteiger partial charge in [0, 0.05) is 11.4 Å². The van der Waals surface area contributed by atoms with E-state index < -0.39 is 0 Å². The quantitative estimate of drug-likeness (QED) is 0.801. The minimum absolute atomic E-state index is 0.0841. The van der Waals surface area contributed by atoms with Crippen molar-refractivity contribution in [3.63, 3.8) is 0 Å². The van der Waals surface area contributed by atoms with Crippen LogP contribution in [0.5, 0.6) is 5.75 Å². The molecular formula is C20H25N3O3. The molecule has 0 aliphatic rings. The Bertz CT molecular complexity index is 770. The number of rotatable bonds is 7. The van der Waals surface area contributed by atoms with E-state index >= 15 is 0 Å². The van der Waals surface area contributed by atoms with E-state index in [9.17, 15) is 9.59 Å². The van der Waals surface area contributed by atoms with Crippen molar-refractivity contribution >= 4 is 23.2 Å². The lowest BCUT2D eigenvalue weighted by atomic mass is 10.1. The van der Waals surface area contributed by atoms with Gasteiger partial charge in [-0.25, -0.2) is 0 Å². The van der Waals surface area contributed by atoms with Gasteiger partial charge in [0.25, 0.3) is 5.91 Å². The molecule has 0 bridgehead atoms. The summed E-state index contributed by atoms with van der Waals surface area (Å²) in [5.41, 5.74) is 3.33. The first-order valence-electron chi connectivity index (χ1n) is 8.38. The fourth-order valence-corrected chi connectivity index (χ4v) is 2.29. The Morgan fingerprint density at radius 1 is 0.962 bits per heavy atom. The first-order chi connectivity index (χ1) is 12.3. The number of amides is 2. The number of aryl methyl sites for hydroxylation is 2. The van der Waals surface area contributed by atoms with Crippen LogP contribution in [0.4, 0.5) is 11.4 Å².